The number of aryl methyl sites for hydroxylation is 1. The van der Waals surface area contributed by atoms with Crippen LogP contribution in [0.25, 0.3) is 22.2 Å². The Hall–Kier alpha value is -4.05. The van der Waals surface area contributed by atoms with Crippen molar-refractivity contribution >= 4 is 16.9 Å². The zero-order valence-electron chi connectivity index (χ0n) is 27.3. The number of fused-ring (bicyclic) bond motifs is 1. The van der Waals surface area contributed by atoms with Crippen LogP contribution in [-0.2, 0) is 25.5 Å². The Kier molecular flexibility index (Phi) is 10.9. The fourth-order valence-electron chi connectivity index (χ4n) is 5.93. The van der Waals surface area contributed by atoms with Gasteiger partial charge in [-0.1, -0.05) is 12.1 Å². The number of piperidine rings is 1. The van der Waals surface area contributed by atoms with Crippen molar-refractivity contribution in [2.45, 2.75) is 58.8 Å². The van der Waals surface area contributed by atoms with Crippen LogP contribution in [0.15, 0.2) is 66.7 Å². The van der Waals surface area contributed by atoms with Crippen molar-refractivity contribution in [1.29, 1.82) is 0 Å². The first-order chi connectivity index (χ1) is 22.1. The largest absolute Gasteiger partial charge is 0.508 e. The minimum absolute atomic E-state index is 0.0557. The average molecular weight is 631 g/mol. The predicted molar refractivity (Wildman–Crippen MR) is 179 cm³/mol. The van der Waals surface area contributed by atoms with Gasteiger partial charge in [-0.2, -0.15) is 0 Å². The second-order valence-corrected chi connectivity index (χ2v) is 12.9. The normalized spacial score (nSPS) is 14.5. The lowest BCUT2D eigenvalue weighted by Crippen LogP contribution is -2.39. The summed E-state index contributed by atoms with van der Waals surface area (Å²) < 4.78 is 24.9. The number of ether oxygens (including phenoxy) is 4. The van der Waals surface area contributed by atoms with E-state index < -0.39 is 5.60 Å². The highest BCUT2D eigenvalue weighted by atomic mass is 16.6. The van der Waals surface area contributed by atoms with Gasteiger partial charge in [0.2, 0.25) is 0 Å². The highest BCUT2D eigenvalue weighted by Gasteiger charge is 2.21. The molecule has 2 heterocycles. The van der Waals surface area contributed by atoms with E-state index >= 15 is 0 Å². The van der Waals surface area contributed by atoms with Gasteiger partial charge < -0.3 is 33.7 Å². The molecule has 0 atom stereocenters. The number of hydrogen-bond donors (Lipinski definition) is 2. The van der Waals surface area contributed by atoms with Gasteiger partial charge in [-0.05, 0) is 112 Å². The SMILES string of the molecule is Cc1c(-c2ccc(O)cc2)n(Cc2ccc(OCCN3CCC(OCCOCC(=O)OC(C)(C)C)CC3)cc2)c2ccc(O)cc12. The number of benzene rings is 3. The van der Waals surface area contributed by atoms with Crippen LogP contribution in [-0.4, -0.2) is 83.4 Å². The van der Waals surface area contributed by atoms with Gasteiger partial charge in [0.1, 0.15) is 36.1 Å². The molecular formula is C37H46N2O7. The monoisotopic (exact) mass is 630 g/mol. The molecule has 246 valence electrons. The molecule has 0 radical (unpaired) electrons. The third-order valence-electron chi connectivity index (χ3n) is 8.14. The molecule has 0 spiro atoms. The predicted octanol–water partition coefficient (Wildman–Crippen LogP) is 6.29. The van der Waals surface area contributed by atoms with E-state index in [1.54, 1.807) is 18.2 Å². The molecule has 0 saturated carbocycles. The summed E-state index contributed by atoms with van der Waals surface area (Å²) in [4.78, 5) is 14.1. The molecule has 3 aromatic carbocycles. The fraction of sp³-hybridized carbons (Fsp3) is 0.432. The maximum Gasteiger partial charge on any atom is 0.332 e. The minimum Gasteiger partial charge on any atom is -0.508 e. The number of phenolic OH excluding ortho intramolecular Hbond substituents is 2. The smallest absolute Gasteiger partial charge is 0.332 e. The quantitative estimate of drug-likeness (QED) is 0.131. The minimum atomic E-state index is -0.506. The Labute approximate surface area is 271 Å². The molecule has 9 nitrogen and oxygen atoms in total. The van der Waals surface area contributed by atoms with Crippen molar-refractivity contribution in [2.24, 2.45) is 0 Å². The van der Waals surface area contributed by atoms with Crippen LogP contribution < -0.4 is 4.74 Å². The number of rotatable bonds is 13. The maximum absolute atomic E-state index is 11.7. The number of carbonyl (C=O) groups is 1. The van der Waals surface area contributed by atoms with E-state index in [4.69, 9.17) is 18.9 Å². The number of aromatic hydroxyl groups is 2. The zero-order chi connectivity index (χ0) is 32.7. The van der Waals surface area contributed by atoms with E-state index in [9.17, 15) is 15.0 Å². The summed E-state index contributed by atoms with van der Waals surface area (Å²) in [5.41, 5.74) is 4.81. The lowest BCUT2D eigenvalue weighted by atomic mass is 10.1. The van der Waals surface area contributed by atoms with Crippen LogP contribution in [0.5, 0.6) is 17.2 Å². The molecule has 46 heavy (non-hydrogen) atoms. The number of nitrogens with zero attached hydrogens (tertiary/aromatic N) is 2. The van der Waals surface area contributed by atoms with Crippen LogP contribution in [0.2, 0.25) is 0 Å². The van der Waals surface area contributed by atoms with Crippen LogP contribution in [0.3, 0.4) is 0 Å². The zero-order valence-corrected chi connectivity index (χ0v) is 27.3. The Morgan fingerprint density at radius 3 is 2.28 bits per heavy atom. The van der Waals surface area contributed by atoms with Crippen molar-refractivity contribution in [2.75, 3.05) is 46.1 Å². The molecule has 2 N–H and O–H groups in total. The molecule has 1 fully saturated rings. The standard InChI is InChI=1S/C37H46N2O7/c1-26-33-23-30(41)11-14-34(33)39(36(26)28-7-9-29(40)10-8-28)24-27-5-12-31(13-6-27)44-20-19-38-17-15-32(16-18-38)45-22-21-43-25-35(42)46-37(2,3)4/h5-14,23,32,40-41H,15-22,24-25H2,1-4H3. The number of carbonyl (C=O) groups excluding carboxylic acids is 1. The second-order valence-electron chi connectivity index (χ2n) is 12.9. The van der Waals surface area contributed by atoms with Crippen molar-refractivity contribution in [3.63, 3.8) is 0 Å². The summed E-state index contributed by atoms with van der Waals surface area (Å²) in [5.74, 6) is 0.947. The highest BCUT2D eigenvalue weighted by Crippen LogP contribution is 2.36. The summed E-state index contributed by atoms with van der Waals surface area (Å²) in [6.45, 7) is 12.4. The fourth-order valence-corrected chi connectivity index (χ4v) is 5.93. The topological polar surface area (TPSA) is 103 Å². The summed E-state index contributed by atoms with van der Waals surface area (Å²) in [5, 5.41) is 21.0. The molecule has 0 bridgehead atoms. The second kappa shape index (κ2) is 15.0. The van der Waals surface area contributed by atoms with E-state index in [2.05, 4.69) is 28.5 Å². The van der Waals surface area contributed by atoms with E-state index in [0.717, 1.165) is 71.5 Å². The van der Waals surface area contributed by atoms with Gasteiger partial charge in [-0.25, -0.2) is 4.79 Å². The maximum atomic E-state index is 11.7. The molecule has 4 aromatic rings. The van der Waals surface area contributed by atoms with Crippen molar-refractivity contribution in [1.82, 2.24) is 9.47 Å². The van der Waals surface area contributed by atoms with Gasteiger partial charge in [-0.3, -0.25) is 4.90 Å². The number of hydrogen-bond acceptors (Lipinski definition) is 8. The Bertz CT molecular complexity index is 1580. The van der Waals surface area contributed by atoms with Crippen LogP contribution in [0.4, 0.5) is 0 Å². The summed E-state index contributed by atoms with van der Waals surface area (Å²) in [6, 6.07) is 21.0. The Morgan fingerprint density at radius 1 is 0.891 bits per heavy atom. The number of likely N-dealkylation sites (tertiary alicyclic amines) is 1. The molecule has 1 aliphatic heterocycles. The molecule has 5 rings (SSSR count). The number of aromatic nitrogens is 1. The third-order valence-corrected chi connectivity index (χ3v) is 8.14. The first-order valence-electron chi connectivity index (χ1n) is 16.0. The van der Waals surface area contributed by atoms with Crippen LogP contribution in [0, 0.1) is 6.92 Å². The summed E-state index contributed by atoms with van der Waals surface area (Å²) >= 11 is 0. The molecule has 1 saturated heterocycles. The first kappa shape index (κ1) is 33.3. The van der Waals surface area contributed by atoms with Crippen molar-refractivity contribution in [3.8, 4) is 28.5 Å². The van der Waals surface area contributed by atoms with Gasteiger partial charge in [0.15, 0.2) is 0 Å². The Balaban J connectivity index is 1.07. The molecule has 1 aromatic heterocycles. The highest BCUT2D eigenvalue weighted by molar-refractivity contribution is 5.92. The Morgan fingerprint density at radius 2 is 1.59 bits per heavy atom. The number of esters is 1. The van der Waals surface area contributed by atoms with E-state index in [1.807, 2.05) is 57.2 Å². The molecule has 9 heteroatoms. The summed E-state index contributed by atoms with van der Waals surface area (Å²) in [7, 11) is 0. The van der Waals surface area contributed by atoms with Crippen molar-refractivity contribution < 1.29 is 34.0 Å². The first-order valence-corrected chi connectivity index (χ1v) is 16.0. The molecule has 0 aliphatic carbocycles. The molecular weight excluding hydrogens is 584 g/mol. The van der Waals surface area contributed by atoms with E-state index in [0.29, 0.717) is 26.4 Å². The molecule has 1 aliphatic rings. The van der Waals surface area contributed by atoms with E-state index in [1.165, 1.54) is 0 Å². The van der Waals surface area contributed by atoms with E-state index in [-0.39, 0.29) is 30.2 Å². The summed E-state index contributed by atoms with van der Waals surface area (Å²) in [6.07, 6.45) is 2.12. The molecule has 0 amide bonds. The van der Waals surface area contributed by atoms with Gasteiger partial charge in [-0.15, -0.1) is 0 Å². The molecule has 0 unspecified atom stereocenters. The lowest BCUT2D eigenvalue weighted by molar-refractivity contribution is -0.160. The van der Waals surface area contributed by atoms with Gasteiger partial charge in [0.25, 0.3) is 0 Å². The van der Waals surface area contributed by atoms with Crippen LogP contribution in [0.1, 0.15) is 44.7 Å². The van der Waals surface area contributed by atoms with Crippen LogP contribution >= 0.6 is 0 Å². The number of phenols is 2. The average Bonchev–Trinajstić information content (AvgIpc) is 3.28. The van der Waals surface area contributed by atoms with Gasteiger partial charge >= 0.3 is 5.97 Å². The van der Waals surface area contributed by atoms with Gasteiger partial charge in [0.05, 0.1) is 25.0 Å². The lowest BCUT2D eigenvalue weighted by Gasteiger charge is -2.31. The third kappa shape index (κ3) is 9.02. The van der Waals surface area contributed by atoms with Crippen molar-refractivity contribution in [3.05, 3.63) is 77.9 Å². The van der Waals surface area contributed by atoms with Gasteiger partial charge in [0, 0.05) is 37.1 Å².